The molecule has 0 aliphatic heterocycles. The summed E-state index contributed by atoms with van der Waals surface area (Å²) in [7, 11) is 4.14. The Hall–Kier alpha value is -3.12. The fourth-order valence-electron chi connectivity index (χ4n) is 3.09. The normalized spacial score (nSPS) is 11.5. The van der Waals surface area contributed by atoms with Crippen molar-refractivity contribution in [2.45, 2.75) is 6.42 Å². The number of hydrogen-bond donors (Lipinski definition) is 2. The highest BCUT2D eigenvalue weighted by Gasteiger charge is 2.13. The average molecular weight is 361 g/mol. The molecule has 138 valence electrons. The van der Waals surface area contributed by atoms with Crippen molar-refractivity contribution in [3.8, 4) is 11.6 Å². The van der Waals surface area contributed by atoms with Crippen LogP contribution in [-0.4, -0.2) is 42.1 Å². The number of aromatic nitrogens is 2. The highest BCUT2D eigenvalue weighted by atomic mass is 16.3. The first kappa shape index (κ1) is 17.3. The van der Waals surface area contributed by atoms with Gasteiger partial charge in [0.2, 0.25) is 0 Å². The molecule has 0 saturated carbocycles. The van der Waals surface area contributed by atoms with Gasteiger partial charge in [0.05, 0.1) is 5.52 Å². The number of furan rings is 1. The van der Waals surface area contributed by atoms with Gasteiger partial charge in [-0.05, 0) is 57.4 Å². The van der Waals surface area contributed by atoms with E-state index in [0.29, 0.717) is 17.3 Å². The molecule has 0 aliphatic carbocycles. The maximum atomic E-state index is 5.97. The van der Waals surface area contributed by atoms with Crippen molar-refractivity contribution < 1.29 is 4.42 Å². The van der Waals surface area contributed by atoms with Crippen molar-refractivity contribution in [1.29, 1.82) is 0 Å². The molecule has 0 bridgehead atoms. The van der Waals surface area contributed by atoms with Crippen molar-refractivity contribution in [2.24, 2.45) is 0 Å². The van der Waals surface area contributed by atoms with E-state index in [-0.39, 0.29) is 0 Å². The van der Waals surface area contributed by atoms with E-state index in [2.05, 4.69) is 29.3 Å². The van der Waals surface area contributed by atoms with Gasteiger partial charge in [0.15, 0.2) is 11.6 Å². The molecule has 0 radical (unpaired) electrons. The second-order valence-electron chi connectivity index (χ2n) is 6.90. The third-order valence-electron chi connectivity index (χ3n) is 4.44. The predicted molar refractivity (Wildman–Crippen MR) is 111 cm³/mol. The van der Waals surface area contributed by atoms with Gasteiger partial charge in [-0.1, -0.05) is 18.2 Å². The maximum Gasteiger partial charge on any atom is 0.198 e. The van der Waals surface area contributed by atoms with Crippen LogP contribution in [0.25, 0.3) is 33.5 Å². The summed E-state index contributed by atoms with van der Waals surface area (Å²) in [6.07, 6.45) is 1.02. The van der Waals surface area contributed by atoms with Crippen LogP contribution >= 0.6 is 0 Å². The number of para-hydroxylation sites is 1. The Balaban J connectivity index is 1.74. The Labute approximate surface area is 158 Å². The zero-order valence-corrected chi connectivity index (χ0v) is 15.6. The summed E-state index contributed by atoms with van der Waals surface area (Å²) < 4.78 is 5.95. The first-order valence-corrected chi connectivity index (χ1v) is 9.05. The van der Waals surface area contributed by atoms with Gasteiger partial charge in [-0.15, -0.1) is 0 Å². The number of anilines is 2. The molecule has 27 heavy (non-hydrogen) atoms. The number of nitrogens with zero attached hydrogens (tertiary/aromatic N) is 3. The molecular weight excluding hydrogens is 338 g/mol. The van der Waals surface area contributed by atoms with E-state index in [4.69, 9.17) is 15.1 Å². The molecule has 2 heterocycles. The summed E-state index contributed by atoms with van der Waals surface area (Å²) >= 11 is 0. The third kappa shape index (κ3) is 3.71. The minimum atomic E-state index is 0.555. The summed E-state index contributed by atoms with van der Waals surface area (Å²) in [5.41, 5.74) is 8.27. The van der Waals surface area contributed by atoms with Crippen molar-refractivity contribution >= 4 is 33.4 Å². The Kier molecular flexibility index (Phi) is 4.64. The Morgan fingerprint density at radius 1 is 1.07 bits per heavy atom. The highest BCUT2D eigenvalue weighted by molar-refractivity contribution is 5.92. The number of benzene rings is 2. The SMILES string of the molecule is CN(C)CCCNc1nc(-c2cc3ccccc3o2)nc2cc(N)ccc12. The average Bonchev–Trinajstić information content (AvgIpc) is 3.08. The van der Waals surface area contributed by atoms with Crippen LogP contribution < -0.4 is 11.1 Å². The van der Waals surface area contributed by atoms with Crippen molar-refractivity contribution in [2.75, 3.05) is 38.2 Å². The van der Waals surface area contributed by atoms with Crippen LogP contribution in [0, 0.1) is 0 Å². The zero-order chi connectivity index (χ0) is 18.8. The van der Waals surface area contributed by atoms with Gasteiger partial charge in [-0.3, -0.25) is 0 Å². The largest absolute Gasteiger partial charge is 0.453 e. The summed E-state index contributed by atoms with van der Waals surface area (Å²) in [5, 5.41) is 5.43. The van der Waals surface area contributed by atoms with Crippen LogP contribution in [0.15, 0.2) is 52.9 Å². The quantitative estimate of drug-likeness (QED) is 0.399. The topological polar surface area (TPSA) is 80.2 Å². The van der Waals surface area contributed by atoms with Gasteiger partial charge in [0, 0.05) is 23.0 Å². The number of fused-ring (bicyclic) bond motifs is 2. The third-order valence-corrected chi connectivity index (χ3v) is 4.44. The van der Waals surface area contributed by atoms with Crippen LogP contribution in [-0.2, 0) is 0 Å². The lowest BCUT2D eigenvalue weighted by Gasteiger charge is -2.12. The number of nitrogens with one attached hydrogen (secondary N) is 1. The van der Waals surface area contributed by atoms with Crippen LogP contribution in [0.1, 0.15) is 6.42 Å². The van der Waals surface area contributed by atoms with E-state index in [1.165, 1.54) is 0 Å². The molecule has 6 heteroatoms. The highest BCUT2D eigenvalue weighted by Crippen LogP contribution is 2.30. The van der Waals surface area contributed by atoms with Crippen LogP contribution in [0.5, 0.6) is 0 Å². The predicted octanol–water partition coefficient (Wildman–Crippen LogP) is 3.99. The standard InChI is InChI=1S/C21H23N5O/c1-26(2)11-5-10-23-20-16-9-8-15(22)13-17(16)24-21(25-20)19-12-14-6-3-4-7-18(14)27-19/h3-4,6-9,12-13H,5,10-11,22H2,1-2H3,(H,23,24,25). The van der Waals surface area contributed by atoms with E-state index < -0.39 is 0 Å². The molecule has 6 nitrogen and oxygen atoms in total. The Morgan fingerprint density at radius 3 is 2.74 bits per heavy atom. The fraction of sp³-hybridized carbons (Fsp3) is 0.238. The molecule has 2 aromatic carbocycles. The van der Waals surface area contributed by atoms with Gasteiger partial charge < -0.3 is 20.4 Å². The number of nitrogens with two attached hydrogens (primary N) is 1. The first-order chi connectivity index (χ1) is 13.1. The molecule has 0 fully saturated rings. The monoisotopic (exact) mass is 361 g/mol. The molecule has 3 N–H and O–H groups in total. The number of hydrogen-bond acceptors (Lipinski definition) is 6. The zero-order valence-electron chi connectivity index (χ0n) is 15.6. The van der Waals surface area contributed by atoms with Crippen molar-refractivity contribution in [3.05, 3.63) is 48.5 Å². The fourth-order valence-corrected chi connectivity index (χ4v) is 3.09. The molecule has 0 aliphatic rings. The van der Waals surface area contributed by atoms with Crippen LogP contribution in [0.3, 0.4) is 0 Å². The molecule has 2 aromatic heterocycles. The molecule has 4 aromatic rings. The summed E-state index contributed by atoms with van der Waals surface area (Å²) in [6.45, 7) is 1.84. The second kappa shape index (κ2) is 7.25. The number of nitrogen functional groups attached to an aromatic ring is 1. The van der Waals surface area contributed by atoms with Gasteiger partial charge in [-0.2, -0.15) is 0 Å². The Bertz CT molecular complexity index is 1050. The van der Waals surface area contributed by atoms with E-state index in [1.54, 1.807) is 0 Å². The van der Waals surface area contributed by atoms with Crippen molar-refractivity contribution in [1.82, 2.24) is 14.9 Å². The number of rotatable bonds is 6. The van der Waals surface area contributed by atoms with Gasteiger partial charge in [0.1, 0.15) is 11.4 Å². The molecule has 0 amide bonds. The molecule has 0 unspecified atom stereocenters. The lowest BCUT2D eigenvalue weighted by Crippen LogP contribution is -2.16. The lowest BCUT2D eigenvalue weighted by atomic mass is 10.2. The summed E-state index contributed by atoms with van der Waals surface area (Å²) in [6, 6.07) is 15.6. The molecule has 0 saturated heterocycles. The Morgan fingerprint density at radius 2 is 1.93 bits per heavy atom. The van der Waals surface area contributed by atoms with E-state index in [9.17, 15) is 0 Å². The molecular formula is C21H23N5O. The maximum absolute atomic E-state index is 5.97. The molecule has 0 spiro atoms. The van der Waals surface area contributed by atoms with Gasteiger partial charge in [-0.25, -0.2) is 9.97 Å². The van der Waals surface area contributed by atoms with Crippen LogP contribution in [0.4, 0.5) is 11.5 Å². The summed E-state index contributed by atoms with van der Waals surface area (Å²) in [5.74, 6) is 2.01. The van der Waals surface area contributed by atoms with E-state index >= 15 is 0 Å². The van der Waals surface area contributed by atoms with Crippen molar-refractivity contribution in [3.63, 3.8) is 0 Å². The minimum Gasteiger partial charge on any atom is -0.453 e. The van der Waals surface area contributed by atoms with E-state index in [0.717, 1.165) is 47.2 Å². The minimum absolute atomic E-state index is 0.555. The van der Waals surface area contributed by atoms with Gasteiger partial charge >= 0.3 is 0 Å². The van der Waals surface area contributed by atoms with Crippen LogP contribution in [0.2, 0.25) is 0 Å². The first-order valence-electron chi connectivity index (χ1n) is 9.05. The summed E-state index contributed by atoms with van der Waals surface area (Å²) in [4.78, 5) is 11.6. The molecule has 4 rings (SSSR count). The lowest BCUT2D eigenvalue weighted by molar-refractivity contribution is 0.405. The van der Waals surface area contributed by atoms with E-state index in [1.807, 2.05) is 48.5 Å². The smallest absolute Gasteiger partial charge is 0.198 e. The van der Waals surface area contributed by atoms with Gasteiger partial charge in [0.25, 0.3) is 0 Å². The molecule has 0 atom stereocenters. The second-order valence-corrected chi connectivity index (χ2v) is 6.90.